The summed E-state index contributed by atoms with van der Waals surface area (Å²) >= 11 is 0. The Morgan fingerprint density at radius 3 is 2.62 bits per heavy atom. The summed E-state index contributed by atoms with van der Waals surface area (Å²) in [6.45, 7) is 3.43. The molecule has 21 heavy (non-hydrogen) atoms. The van der Waals surface area contributed by atoms with Crippen molar-refractivity contribution in [2.24, 2.45) is 0 Å². The van der Waals surface area contributed by atoms with E-state index in [2.05, 4.69) is 12.0 Å². The Kier molecular flexibility index (Phi) is 4.39. The summed E-state index contributed by atoms with van der Waals surface area (Å²) in [5, 5.41) is 0. The van der Waals surface area contributed by atoms with Crippen LogP contribution >= 0.6 is 0 Å². The predicted octanol–water partition coefficient (Wildman–Crippen LogP) is 2.14. The van der Waals surface area contributed by atoms with Crippen LogP contribution in [0.1, 0.15) is 47.4 Å². The van der Waals surface area contributed by atoms with Crippen molar-refractivity contribution in [2.75, 3.05) is 0 Å². The molecule has 0 aliphatic heterocycles. The van der Waals surface area contributed by atoms with Gasteiger partial charge in [0.2, 0.25) is 17.7 Å². The lowest BCUT2D eigenvalue weighted by molar-refractivity contribution is -0.145. The number of benzene rings is 1. The van der Waals surface area contributed by atoms with Gasteiger partial charge in [0.05, 0.1) is 0 Å². The van der Waals surface area contributed by atoms with Crippen LogP contribution in [-0.4, -0.2) is 23.6 Å². The molecule has 0 heterocycles. The largest absolute Gasteiger partial charge is 0.445 e. The van der Waals surface area contributed by atoms with E-state index in [9.17, 15) is 14.4 Å². The van der Waals surface area contributed by atoms with Crippen molar-refractivity contribution in [3.8, 4) is 17.8 Å². The molecule has 1 aromatic carbocycles. The molecular formula is C16H14O5. The Hall–Kier alpha value is -2.61. The highest BCUT2D eigenvalue weighted by atomic mass is 16.6. The number of esters is 1. The molecule has 0 bridgehead atoms. The van der Waals surface area contributed by atoms with E-state index in [1.165, 1.54) is 12.1 Å². The standard InChI is InChI=1S/C16H14O5/c1-3-5-13(17)21-16-14(18)11-7-6-10(20-8-4-2)9-12(11)15(16)19/h6-7,9,16H,3,5H2,1-2H3. The fourth-order valence-corrected chi connectivity index (χ4v) is 2.02. The average molecular weight is 286 g/mol. The molecule has 5 nitrogen and oxygen atoms in total. The smallest absolute Gasteiger partial charge is 0.306 e. The molecule has 1 unspecified atom stereocenters. The van der Waals surface area contributed by atoms with Crippen LogP contribution in [0, 0.1) is 12.0 Å². The maximum absolute atomic E-state index is 12.2. The molecule has 1 aliphatic carbocycles. The van der Waals surface area contributed by atoms with Crippen molar-refractivity contribution < 1.29 is 23.9 Å². The molecule has 0 fully saturated rings. The summed E-state index contributed by atoms with van der Waals surface area (Å²) < 4.78 is 10.1. The van der Waals surface area contributed by atoms with Gasteiger partial charge in [-0.05, 0) is 24.6 Å². The van der Waals surface area contributed by atoms with Crippen LogP contribution in [0.4, 0.5) is 0 Å². The Balaban J connectivity index is 2.24. The summed E-state index contributed by atoms with van der Waals surface area (Å²) in [6, 6.07) is 4.47. The van der Waals surface area contributed by atoms with Crippen LogP contribution < -0.4 is 4.74 Å². The van der Waals surface area contributed by atoms with Crippen molar-refractivity contribution in [1.82, 2.24) is 0 Å². The van der Waals surface area contributed by atoms with Gasteiger partial charge in [0.1, 0.15) is 11.9 Å². The van der Waals surface area contributed by atoms with Gasteiger partial charge in [-0.3, -0.25) is 14.4 Å². The minimum atomic E-state index is -1.37. The Morgan fingerprint density at radius 2 is 1.95 bits per heavy atom. The van der Waals surface area contributed by atoms with Gasteiger partial charge in [-0.25, -0.2) is 0 Å². The van der Waals surface area contributed by atoms with Crippen molar-refractivity contribution in [2.45, 2.75) is 32.8 Å². The first-order valence-corrected chi connectivity index (χ1v) is 6.59. The van der Waals surface area contributed by atoms with Crippen molar-refractivity contribution in [3.05, 3.63) is 29.3 Å². The van der Waals surface area contributed by atoms with Gasteiger partial charge in [-0.1, -0.05) is 12.8 Å². The molecule has 0 aromatic heterocycles. The van der Waals surface area contributed by atoms with Crippen LogP contribution in [-0.2, 0) is 9.53 Å². The lowest BCUT2D eigenvalue weighted by Gasteiger charge is -2.08. The van der Waals surface area contributed by atoms with E-state index < -0.39 is 23.6 Å². The zero-order valence-electron chi connectivity index (χ0n) is 11.8. The second-order valence-electron chi connectivity index (χ2n) is 4.51. The molecule has 5 heteroatoms. The van der Waals surface area contributed by atoms with E-state index in [4.69, 9.17) is 9.47 Å². The predicted molar refractivity (Wildman–Crippen MR) is 74.0 cm³/mol. The molecule has 0 amide bonds. The summed E-state index contributed by atoms with van der Waals surface area (Å²) in [4.78, 5) is 35.8. The molecule has 0 radical (unpaired) electrons. The van der Waals surface area contributed by atoms with Gasteiger partial charge in [-0.2, -0.15) is 0 Å². The zero-order valence-corrected chi connectivity index (χ0v) is 11.8. The van der Waals surface area contributed by atoms with Gasteiger partial charge >= 0.3 is 5.97 Å². The van der Waals surface area contributed by atoms with Crippen LogP contribution in [0.2, 0.25) is 0 Å². The van der Waals surface area contributed by atoms with E-state index in [-0.39, 0.29) is 17.5 Å². The van der Waals surface area contributed by atoms with Gasteiger partial charge in [-0.15, -0.1) is 0 Å². The first-order chi connectivity index (χ1) is 10.1. The molecule has 0 spiro atoms. The maximum atomic E-state index is 12.2. The number of hydrogen-bond acceptors (Lipinski definition) is 5. The van der Waals surface area contributed by atoms with E-state index in [0.29, 0.717) is 12.2 Å². The molecule has 0 saturated heterocycles. The monoisotopic (exact) mass is 286 g/mol. The number of hydrogen-bond donors (Lipinski definition) is 0. The van der Waals surface area contributed by atoms with Crippen molar-refractivity contribution >= 4 is 17.5 Å². The fourth-order valence-electron chi connectivity index (χ4n) is 2.02. The van der Waals surface area contributed by atoms with Crippen LogP contribution in [0.3, 0.4) is 0 Å². The Morgan fingerprint density at radius 1 is 1.24 bits per heavy atom. The summed E-state index contributed by atoms with van der Waals surface area (Å²) in [5.74, 6) is 1.36. The third-order valence-corrected chi connectivity index (χ3v) is 2.97. The van der Waals surface area contributed by atoms with Crippen molar-refractivity contribution in [3.63, 3.8) is 0 Å². The lowest BCUT2D eigenvalue weighted by atomic mass is 10.1. The van der Waals surface area contributed by atoms with E-state index in [1.807, 2.05) is 6.92 Å². The highest BCUT2D eigenvalue weighted by molar-refractivity contribution is 6.29. The molecule has 1 aromatic rings. The third-order valence-electron chi connectivity index (χ3n) is 2.97. The number of carbonyl (C=O) groups excluding carboxylic acids is 3. The maximum Gasteiger partial charge on any atom is 0.306 e. The van der Waals surface area contributed by atoms with Crippen molar-refractivity contribution in [1.29, 1.82) is 0 Å². The molecule has 0 N–H and O–H groups in total. The molecule has 1 atom stereocenters. The highest BCUT2D eigenvalue weighted by Gasteiger charge is 2.41. The van der Waals surface area contributed by atoms with E-state index in [1.54, 1.807) is 13.0 Å². The number of Topliss-reactive ketones (excluding diaryl/α,β-unsaturated/α-hetero) is 2. The van der Waals surface area contributed by atoms with Crippen LogP contribution in [0.25, 0.3) is 0 Å². The van der Waals surface area contributed by atoms with E-state index >= 15 is 0 Å². The number of rotatable bonds is 4. The quantitative estimate of drug-likeness (QED) is 0.482. The summed E-state index contributed by atoms with van der Waals surface area (Å²) in [7, 11) is 0. The second-order valence-corrected chi connectivity index (χ2v) is 4.51. The number of ether oxygens (including phenoxy) is 2. The van der Waals surface area contributed by atoms with Gasteiger partial charge < -0.3 is 9.47 Å². The number of fused-ring (bicyclic) bond motifs is 1. The summed E-state index contributed by atoms with van der Waals surface area (Å²) in [5.41, 5.74) is 0.441. The first-order valence-electron chi connectivity index (χ1n) is 6.59. The molecule has 0 saturated carbocycles. The zero-order chi connectivity index (χ0) is 15.4. The minimum Gasteiger partial charge on any atom is -0.445 e. The van der Waals surface area contributed by atoms with Gasteiger partial charge in [0.25, 0.3) is 0 Å². The fraction of sp³-hybridized carbons (Fsp3) is 0.312. The minimum absolute atomic E-state index is 0.174. The molecule has 1 aliphatic rings. The second kappa shape index (κ2) is 6.23. The Labute approximate surface area is 122 Å². The van der Waals surface area contributed by atoms with Crippen LogP contribution in [0.15, 0.2) is 18.2 Å². The molecular weight excluding hydrogens is 272 g/mol. The Bertz CT molecular complexity index is 663. The molecule has 108 valence electrons. The summed E-state index contributed by atoms with van der Waals surface area (Å²) in [6.07, 6.45) is 1.81. The lowest BCUT2D eigenvalue weighted by Crippen LogP contribution is -2.28. The SMILES string of the molecule is CC#COc1ccc2c(c1)C(=O)C(OC(=O)CCC)C2=O. The molecule has 2 rings (SSSR count). The van der Waals surface area contributed by atoms with Gasteiger partial charge in [0.15, 0.2) is 0 Å². The number of carbonyl (C=O) groups is 3. The normalized spacial score (nSPS) is 16.0. The third kappa shape index (κ3) is 2.95. The topological polar surface area (TPSA) is 69.7 Å². The van der Waals surface area contributed by atoms with Gasteiger partial charge in [0, 0.05) is 24.5 Å². The first kappa shape index (κ1) is 14.8. The van der Waals surface area contributed by atoms with E-state index in [0.717, 1.165) is 0 Å². The average Bonchev–Trinajstić information content (AvgIpc) is 2.70. The van der Waals surface area contributed by atoms with Crippen LogP contribution in [0.5, 0.6) is 5.75 Å². The number of ketones is 2. The highest BCUT2D eigenvalue weighted by Crippen LogP contribution is 2.28.